The summed E-state index contributed by atoms with van der Waals surface area (Å²) < 4.78 is 0. The third-order valence-electron chi connectivity index (χ3n) is 2.78. The highest BCUT2D eigenvalue weighted by Gasteiger charge is 2.20. The molecule has 1 rings (SSSR count). The Morgan fingerprint density at radius 1 is 1.42 bits per heavy atom. The lowest BCUT2D eigenvalue weighted by molar-refractivity contribution is 0.0698. The molecule has 0 aliphatic heterocycles. The van der Waals surface area contributed by atoms with Gasteiger partial charge in [0.15, 0.2) is 0 Å². The van der Waals surface area contributed by atoms with E-state index in [9.17, 15) is 4.79 Å². The highest BCUT2D eigenvalue weighted by atomic mass is 16.4. The molecule has 5 nitrogen and oxygen atoms in total. The van der Waals surface area contributed by atoms with Crippen molar-refractivity contribution in [3.05, 3.63) is 23.8 Å². The largest absolute Gasteiger partial charge is 0.478 e. The minimum Gasteiger partial charge on any atom is -0.478 e. The highest BCUT2D eigenvalue weighted by molar-refractivity contribution is 5.95. The molecule has 0 atom stereocenters. The molecule has 0 fully saturated rings. The second-order valence-corrected chi connectivity index (χ2v) is 5.87. The van der Waals surface area contributed by atoms with Crippen molar-refractivity contribution in [2.75, 3.05) is 38.2 Å². The molecule has 106 valence electrons. The molecule has 0 bridgehead atoms. The van der Waals surface area contributed by atoms with Crippen LogP contribution >= 0.6 is 0 Å². The molecule has 0 spiro atoms. The predicted molar refractivity (Wildman–Crippen MR) is 78.6 cm³/mol. The van der Waals surface area contributed by atoms with Crippen LogP contribution in [0.15, 0.2) is 18.2 Å². The van der Waals surface area contributed by atoms with Gasteiger partial charge in [-0.2, -0.15) is 0 Å². The average Bonchev–Trinajstić information content (AvgIpc) is 2.25. The number of rotatable bonds is 6. The van der Waals surface area contributed by atoms with Gasteiger partial charge in [-0.05, 0) is 37.7 Å². The van der Waals surface area contributed by atoms with Crippen LogP contribution < -0.4 is 11.1 Å². The predicted octanol–water partition coefficient (Wildman–Crippen LogP) is 1.97. The Labute approximate surface area is 114 Å². The van der Waals surface area contributed by atoms with Gasteiger partial charge in [0.05, 0.1) is 5.56 Å². The van der Waals surface area contributed by atoms with Crippen molar-refractivity contribution in [2.24, 2.45) is 5.41 Å². The first-order valence-corrected chi connectivity index (χ1v) is 6.23. The second kappa shape index (κ2) is 5.93. The molecular formula is C14H23N3O2. The van der Waals surface area contributed by atoms with Crippen molar-refractivity contribution in [2.45, 2.75) is 13.8 Å². The van der Waals surface area contributed by atoms with Crippen LogP contribution in [-0.2, 0) is 0 Å². The maximum absolute atomic E-state index is 11.2. The molecule has 0 aliphatic carbocycles. The Morgan fingerprint density at radius 2 is 2.05 bits per heavy atom. The first-order chi connectivity index (χ1) is 8.71. The van der Waals surface area contributed by atoms with Crippen LogP contribution in [0.3, 0.4) is 0 Å². The van der Waals surface area contributed by atoms with E-state index in [2.05, 4.69) is 24.1 Å². The Hall–Kier alpha value is -1.75. The summed E-state index contributed by atoms with van der Waals surface area (Å²) in [5, 5.41) is 12.4. The monoisotopic (exact) mass is 265 g/mol. The summed E-state index contributed by atoms with van der Waals surface area (Å²) in [6.45, 7) is 5.88. The molecule has 0 aromatic heterocycles. The number of nitrogens with zero attached hydrogens (tertiary/aromatic N) is 1. The Balaban J connectivity index is 2.80. The van der Waals surface area contributed by atoms with Crippen molar-refractivity contribution in [1.82, 2.24) is 4.90 Å². The number of nitrogens with two attached hydrogens (primary N) is 1. The summed E-state index contributed by atoms with van der Waals surface area (Å²) in [6.07, 6.45) is 0. The van der Waals surface area contributed by atoms with Gasteiger partial charge in [0.2, 0.25) is 0 Å². The molecule has 0 amide bonds. The first kappa shape index (κ1) is 15.3. The molecule has 0 radical (unpaired) electrons. The van der Waals surface area contributed by atoms with Crippen LogP contribution in [0.4, 0.5) is 11.4 Å². The van der Waals surface area contributed by atoms with E-state index in [4.69, 9.17) is 10.8 Å². The summed E-state index contributed by atoms with van der Waals surface area (Å²) in [6, 6.07) is 4.89. The van der Waals surface area contributed by atoms with Crippen molar-refractivity contribution < 1.29 is 9.90 Å². The summed E-state index contributed by atoms with van der Waals surface area (Å²) in [5.41, 5.74) is 6.93. The quantitative estimate of drug-likeness (QED) is 0.685. The molecule has 4 N–H and O–H groups in total. The number of carboxylic acids is 1. The molecule has 5 heteroatoms. The van der Waals surface area contributed by atoms with E-state index in [1.807, 2.05) is 14.1 Å². The fourth-order valence-corrected chi connectivity index (χ4v) is 2.14. The van der Waals surface area contributed by atoms with Gasteiger partial charge in [-0.3, -0.25) is 0 Å². The zero-order valence-corrected chi connectivity index (χ0v) is 12.0. The van der Waals surface area contributed by atoms with Crippen LogP contribution in [0.2, 0.25) is 0 Å². The first-order valence-electron chi connectivity index (χ1n) is 6.23. The number of carboxylic acid groups (broad SMARTS) is 1. The Morgan fingerprint density at radius 3 is 2.58 bits per heavy atom. The van der Waals surface area contributed by atoms with E-state index >= 15 is 0 Å². The topological polar surface area (TPSA) is 78.6 Å². The number of nitrogens with one attached hydrogen (secondary N) is 1. The van der Waals surface area contributed by atoms with Crippen molar-refractivity contribution >= 4 is 17.3 Å². The Kier molecular flexibility index (Phi) is 4.78. The van der Waals surface area contributed by atoms with E-state index in [1.54, 1.807) is 12.1 Å². The van der Waals surface area contributed by atoms with Crippen molar-refractivity contribution in [1.29, 1.82) is 0 Å². The van der Waals surface area contributed by atoms with Gasteiger partial charge < -0.3 is 21.1 Å². The zero-order chi connectivity index (χ0) is 14.6. The summed E-state index contributed by atoms with van der Waals surface area (Å²) in [5.74, 6) is -0.972. The van der Waals surface area contributed by atoms with Crippen LogP contribution in [0.25, 0.3) is 0 Å². The second-order valence-electron chi connectivity index (χ2n) is 5.87. The van der Waals surface area contributed by atoms with E-state index in [0.29, 0.717) is 17.9 Å². The van der Waals surface area contributed by atoms with Gasteiger partial charge in [0.25, 0.3) is 0 Å². The zero-order valence-electron chi connectivity index (χ0n) is 12.0. The summed E-state index contributed by atoms with van der Waals surface area (Å²) in [4.78, 5) is 13.3. The van der Waals surface area contributed by atoms with Gasteiger partial charge >= 0.3 is 5.97 Å². The highest BCUT2D eigenvalue weighted by Crippen LogP contribution is 2.22. The molecule has 19 heavy (non-hydrogen) atoms. The number of aromatic carboxylic acids is 1. The van der Waals surface area contributed by atoms with Gasteiger partial charge in [-0.15, -0.1) is 0 Å². The molecule has 0 aliphatic rings. The van der Waals surface area contributed by atoms with Gasteiger partial charge in [-0.1, -0.05) is 13.8 Å². The molecule has 0 saturated heterocycles. The third-order valence-corrected chi connectivity index (χ3v) is 2.78. The molecule has 0 heterocycles. The smallest absolute Gasteiger partial charge is 0.337 e. The van der Waals surface area contributed by atoms with Crippen molar-refractivity contribution in [3.8, 4) is 0 Å². The van der Waals surface area contributed by atoms with E-state index in [0.717, 1.165) is 6.54 Å². The van der Waals surface area contributed by atoms with Crippen LogP contribution in [0, 0.1) is 5.41 Å². The lowest BCUT2D eigenvalue weighted by atomic mass is 9.92. The summed E-state index contributed by atoms with van der Waals surface area (Å²) >= 11 is 0. The van der Waals surface area contributed by atoms with Gasteiger partial charge in [-0.25, -0.2) is 4.79 Å². The number of benzene rings is 1. The normalized spacial score (nSPS) is 11.6. The van der Waals surface area contributed by atoms with Crippen molar-refractivity contribution in [3.63, 3.8) is 0 Å². The molecule has 0 saturated carbocycles. The number of nitrogen functional groups attached to an aromatic ring is 1. The lowest BCUT2D eigenvalue weighted by Crippen LogP contribution is -2.34. The summed E-state index contributed by atoms with van der Waals surface area (Å²) in [7, 11) is 4.04. The standard InChI is InChI=1S/C14H23N3O2/c1-14(2,9-17(3)4)8-16-12-6-5-10(15)7-11(12)13(18)19/h5-7,16H,8-9,15H2,1-4H3,(H,18,19). The maximum atomic E-state index is 11.2. The number of anilines is 2. The average molecular weight is 265 g/mol. The van der Waals surface area contributed by atoms with Gasteiger partial charge in [0, 0.05) is 24.5 Å². The fourth-order valence-electron chi connectivity index (χ4n) is 2.14. The minimum absolute atomic E-state index is 0.0423. The number of hydrogen-bond donors (Lipinski definition) is 3. The van der Waals surface area contributed by atoms with Gasteiger partial charge in [0.1, 0.15) is 0 Å². The van der Waals surface area contributed by atoms with E-state index in [-0.39, 0.29) is 11.0 Å². The van der Waals surface area contributed by atoms with E-state index in [1.165, 1.54) is 6.07 Å². The molecular weight excluding hydrogens is 242 g/mol. The van der Waals surface area contributed by atoms with Crippen LogP contribution in [0.5, 0.6) is 0 Å². The number of hydrogen-bond acceptors (Lipinski definition) is 4. The third kappa shape index (κ3) is 4.79. The Bertz CT molecular complexity index is 456. The van der Waals surface area contributed by atoms with E-state index < -0.39 is 5.97 Å². The number of carbonyl (C=O) groups is 1. The fraction of sp³-hybridized carbons (Fsp3) is 0.500. The molecule has 1 aromatic rings. The van der Waals surface area contributed by atoms with Crippen LogP contribution in [0.1, 0.15) is 24.2 Å². The van der Waals surface area contributed by atoms with Crippen LogP contribution in [-0.4, -0.2) is 43.2 Å². The SMILES string of the molecule is CN(C)CC(C)(C)CNc1ccc(N)cc1C(=O)O. The molecule has 0 unspecified atom stereocenters. The maximum Gasteiger partial charge on any atom is 0.337 e. The molecule has 1 aromatic carbocycles. The minimum atomic E-state index is -0.972. The lowest BCUT2D eigenvalue weighted by Gasteiger charge is -2.29.